The zero-order chi connectivity index (χ0) is 61.1. The maximum absolute atomic E-state index is 14.0. The lowest BCUT2D eigenvalue weighted by Crippen LogP contribution is -2.55. The number of nitriles is 1. The Morgan fingerprint density at radius 1 is 0.885 bits per heavy atom. The molecule has 0 unspecified atom stereocenters. The maximum Gasteiger partial charge on any atom is 0.405 e. The van der Waals surface area contributed by atoms with Crippen LogP contribution in [0.15, 0.2) is 85.5 Å². The van der Waals surface area contributed by atoms with Crippen molar-refractivity contribution in [3.8, 4) is 40.7 Å². The van der Waals surface area contributed by atoms with Crippen LogP contribution in [0.2, 0.25) is 5.02 Å². The van der Waals surface area contributed by atoms with Crippen molar-refractivity contribution in [2.75, 3.05) is 94.9 Å². The van der Waals surface area contributed by atoms with Gasteiger partial charge in [-0.15, -0.1) is 10.2 Å². The summed E-state index contributed by atoms with van der Waals surface area (Å²) in [6.07, 6.45) is 3.04. The summed E-state index contributed by atoms with van der Waals surface area (Å²) < 4.78 is 47.2. The lowest BCUT2D eigenvalue weighted by molar-refractivity contribution is -0.140. The first kappa shape index (κ1) is 60.7. The predicted molar refractivity (Wildman–Crippen MR) is 324 cm³/mol. The van der Waals surface area contributed by atoms with E-state index in [-0.39, 0.29) is 64.4 Å². The summed E-state index contributed by atoms with van der Waals surface area (Å²) >= 11 is 6.81. The highest BCUT2D eigenvalue weighted by Crippen LogP contribution is 2.43. The third kappa shape index (κ3) is 13.3. The molecule has 3 N–H and O–H groups in total. The Hall–Kier alpha value is -8.00. The number of aromatic nitrogens is 5. The summed E-state index contributed by atoms with van der Waals surface area (Å²) in [4.78, 5) is 63.2. The molecule has 0 saturated carbocycles. The van der Waals surface area contributed by atoms with Crippen LogP contribution in [0.3, 0.4) is 0 Å². The minimum atomic E-state index is -4.66. The first-order valence-corrected chi connectivity index (χ1v) is 30.4. The van der Waals surface area contributed by atoms with Crippen LogP contribution in [-0.4, -0.2) is 170 Å². The van der Waals surface area contributed by atoms with E-state index in [0.29, 0.717) is 74.6 Å². The number of carbonyl (C=O) groups is 3. The number of carbonyl (C=O) groups excluding carboxylic acids is 3. The fraction of sp³-hybridized carbons (Fsp3) is 0.469. The van der Waals surface area contributed by atoms with E-state index >= 15 is 0 Å². The standard InChI is InChI=1S/C64H73ClF3N13O6/c1-4-55(84)80-32-31-79(38-46(80)15-23-69)57-47-18-26-78(52-10-6-8-43-7-5-9-50(65)56(43)52)39-51(47)71-62(72-57)87-34-33-75-27-19-63(20-28-75)21-29-77(30-22-63)61(86)44-16-24-76(25-17-44)37-42-11-13-45(14-12-42)81-58(49-35-48(41(2)3)53(82)36-54(49)83)73-74-59(81)60(85)70-40-64(66,67)68/h4-14,35-36,41,44,46,82-83H,1,15-22,24-34,37-40H2,2-3H3,(H,70,85)/t46-/m0/s1. The Bertz CT molecular complexity index is 3560. The molecule has 2 aromatic heterocycles. The molecule has 87 heavy (non-hydrogen) atoms. The van der Waals surface area contributed by atoms with Crippen molar-refractivity contribution in [3.63, 3.8) is 0 Å². The van der Waals surface area contributed by atoms with Gasteiger partial charge in [0, 0.05) is 86.7 Å². The van der Waals surface area contributed by atoms with E-state index in [0.717, 1.165) is 123 Å². The number of amides is 3. The minimum absolute atomic E-state index is 0.00549. The number of hydrogen-bond acceptors (Lipinski definition) is 15. The van der Waals surface area contributed by atoms with Crippen molar-refractivity contribution in [2.45, 2.75) is 96.4 Å². The van der Waals surface area contributed by atoms with Crippen LogP contribution in [0.5, 0.6) is 17.5 Å². The number of rotatable bonds is 16. The zero-order valence-electron chi connectivity index (χ0n) is 49.1. The van der Waals surface area contributed by atoms with E-state index in [9.17, 15) is 43.0 Å². The van der Waals surface area contributed by atoms with Crippen molar-refractivity contribution in [3.05, 3.63) is 119 Å². The summed E-state index contributed by atoms with van der Waals surface area (Å²) in [7, 11) is 0. The van der Waals surface area contributed by atoms with Crippen LogP contribution in [0.4, 0.5) is 24.7 Å². The van der Waals surface area contributed by atoms with E-state index in [1.54, 1.807) is 17.0 Å². The molecule has 458 valence electrons. The molecule has 5 aliphatic rings. The number of alkyl halides is 3. The SMILES string of the molecule is C=CC(=O)N1CCN(c2nc(OCCN3CCC4(CC3)CCN(C(=O)C3CCN(Cc5ccc(-n6c(C(=O)NCC(F)(F)F)nnc6-c6cc(C(C)C)c(O)cc6O)cc5)CC3)CC4)nc3c2CCN(c2cccc4cccc(Cl)c24)C3)C[C@@H]1CC#N. The molecule has 7 heterocycles. The van der Waals surface area contributed by atoms with Gasteiger partial charge in [-0.3, -0.25) is 28.8 Å². The fourth-order valence-corrected chi connectivity index (χ4v) is 13.6. The predicted octanol–water partition coefficient (Wildman–Crippen LogP) is 9.03. The number of piperidine rings is 3. The van der Waals surface area contributed by atoms with Crippen LogP contribution in [0, 0.1) is 22.7 Å². The number of fused-ring (bicyclic) bond motifs is 2. The number of benzene rings is 4. The van der Waals surface area contributed by atoms with Crippen molar-refractivity contribution >= 4 is 51.6 Å². The molecule has 11 rings (SSSR count). The number of nitrogens with zero attached hydrogens (tertiary/aromatic N) is 12. The van der Waals surface area contributed by atoms with E-state index in [1.807, 2.05) is 43.4 Å². The van der Waals surface area contributed by atoms with E-state index in [1.165, 1.54) is 22.8 Å². The number of phenolic OH excluding ortho intramolecular Hbond substituents is 2. The average Bonchev–Trinajstić information content (AvgIpc) is 4.02. The average molecular weight is 1210 g/mol. The second kappa shape index (κ2) is 25.8. The molecule has 4 fully saturated rings. The molecule has 0 aliphatic carbocycles. The maximum atomic E-state index is 14.0. The van der Waals surface area contributed by atoms with Crippen molar-refractivity contribution in [1.82, 2.24) is 49.6 Å². The van der Waals surface area contributed by atoms with Gasteiger partial charge in [-0.2, -0.15) is 28.4 Å². The Kier molecular flexibility index (Phi) is 18.0. The Labute approximate surface area is 509 Å². The van der Waals surface area contributed by atoms with E-state index < -0.39 is 24.5 Å². The molecule has 23 heteroatoms. The number of likely N-dealkylation sites (tertiary alicyclic amines) is 3. The highest BCUT2D eigenvalue weighted by molar-refractivity contribution is 6.36. The van der Waals surface area contributed by atoms with Gasteiger partial charge in [0.2, 0.25) is 17.6 Å². The number of nitrogens with one attached hydrogen (secondary N) is 1. The number of piperazine rings is 1. The van der Waals surface area contributed by atoms with Crippen LogP contribution in [0.25, 0.3) is 27.8 Å². The fourth-order valence-electron chi connectivity index (χ4n) is 13.4. The molecule has 19 nitrogen and oxygen atoms in total. The van der Waals surface area contributed by atoms with Gasteiger partial charge in [0.05, 0.1) is 41.4 Å². The summed E-state index contributed by atoms with van der Waals surface area (Å²) in [5, 5.41) is 43.9. The third-order valence-corrected chi connectivity index (χ3v) is 18.6. The van der Waals surface area contributed by atoms with Gasteiger partial charge < -0.3 is 39.9 Å². The minimum Gasteiger partial charge on any atom is -0.508 e. The molecule has 0 bridgehead atoms. The van der Waals surface area contributed by atoms with Crippen LogP contribution in [0.1, 0.15) is 97.7 Å². The Balaban J connectivity index is 0.671. The number of anilines is 2. The van der Waals surface area contributed by atoms with Gasteiger partial charge in [-0.1, -0.05) is 68.4 Å². The molecule has 4 aromatic carbocycles. The zero-order valence-corrected chi connectivity index (χ0v) is 49.9. The van der Waals surface area contributed by atoms with E-state index in [2.05, 4.69) is 71.6 Å². The molecule has 4 saturated heterocycles. The van der Waals surface area contributed by atoms with Gasteiger partial charge in [-0.05, 0) is 135 Å². The lowest BCUT2D eigenvalue weighted by atomic mass is 9.71. The molecule has 1 atom stereocenters. The largest absolute Gasteiger partial charge is 0.508 e. The molecule has 6 aromatic rings. The topological polar surface area (TPSA) is 213 Å². The molecule has 0 radical (unpaired) electrons. The smallest absolute Gasteiger partial charge is 0.405 e. The number of halogens is 4. The molecule has 1 spiro atoms. The van der Waals surface area contributed by atoms with E-state index in [4.69, 9.17) is 26.3 Å². The third-order valence-electron chi connectivity index (χ3n) is 18.3. The van der Waals surface area contributed by atoms with Crippen molar-refractivity contribution in [1.29, 1.82) is 5.26 Å². The van der Waals surface area contributed by atoms with Gasteiger partial charge in [0.25, 0.3) is 5.91 Å². The number of aromatic hydroxyl groups is 2. The second-order valence-electron chi connectivity index (χ2n) is 24.0. The van der Waals surface area contributed by atoms with Crippen molar-refractivity contribution < 1.29 is 42.5 Å². The first-order chi connectivity index (χ1) is 41.9. The normalized spacial score (nSPS) is 18.7. The summed E-state index contributed by atoms with van der Waals surface area (Å²) in [6, 6.07) is 24.3. The highest BCUT2D eigenvalue weighted by Gasteiger charge is 2.41. The van der Waals surface area contributed by atoms with Crippen molar-refractivity contribution in [2.24, 2.45) is 11.3 Å². The Morgan fingerprint density at radius 2 is 1.61 bits per heavy atom. The van der Waals surface area contributed by atoms with Crippen LogP contribution >= 0.6 is 11.6 Å². The quantitative estimate of drug-likeness (QED) is 0.0772. The van der Waals surface area contributed by atoms with Crippen LogP contribution in [-0.2, 0) is 29.1 Å². The second-order valence-corrected chi connectivity index (χ2v) is 24.4. The molecule has 5 aliphatic heterocycles. The highest BCUT2D eigenvalue weighted by atomic mass is 35.5. The number of ether oxygens (including phenoxy) is 1. The van der Waals surface area contributed by atoms with Crippen LogP contribution < -0.4 is 19.9 Å². The lowest BCUT2D eigenvalue weighted by Gasteiger charge is -2.47. The number of phenols is 2. The molecule has 3 amide bonds. The summed E-state index contributed by atoms with van der Waals surface area (Å²) in [6.45, 7) is 15.0. The Morgan fingerprint density at radius 3 is 2.31 bits per heavy atom. The summed E-state index contributed by atoms with van der Waals surface area (Å²) in [5.41, 5.74) is 5.11. The van der Waals surface area contributed by atoms with Gasteiger partial charge >= 0.3 is 12.2 Å². The molecular weight excluding hydrogens is 1140 g/mol. The first-order valence-electron chi connectivity index (χ1n) is 30.1. The number of hydrogen-bond donors (Lipinski definition) is 3. The monoisotopic (exact) mass is 1210 g/mol. The summed E-state index contributed by atoms with van der Waals surface area (Å²) in [5.74, 6) is -1.38. The van der Waals surface area contributed by atoms with Gasteiger partial charge in [-0.25, -0.2) is 0 Å². The van der Waals surface area contributed by atoms with Gasteiger partial charge in [0.1, 0.15) is 30.5 Å². The van der Waals surface area contributed by atoms with Gasteiger partial charge in [0.15, 0.2) is 5.82 Å². The molecular formula is C64H73ClF3N13O6.